The molecule has 0 radical (unpaired) electrons. The van der Waals surface area contributed by atoms with E-state index < -0.39 is 41.5 Å². The van der Waals surface area contributed by atoms with Gasteiger partial charge in [-0.3, -0.25) is 38.7 Å². The first-order valence-electron chi connectivity index (χ1n) is 20.7. The first-order chi connectivity index (χ1) is 28.9. The van der Waals surface area contributed by atoms with Crippen LogP contribution in [0.2, 0.25) is 5.02 Å². The van der Waals surface area contributed by atoms with Crippen LogP contribution in [-0.2, 0) is 9.59 Å². The number of nitriles is 1. The summed E-state index contributed by atoms with van der Waals surface area (Å²) in [4.78, 5) is 83.6. The first kappa shape index (κ1) is 39.8. The maximum absolute atomic E-state index is 15.8. The first-order valence-corrected chi connectivity index (χ1v) is 21.1. The van der Waals surface area contributed by atoms with Crippen LogP contribution in [0.4, 0.5) is 15.9 Å². The number of ether oxygens (including phenoxy) is 1. The zero-order valence-corrected chi connectivity index (χ0v) is 33.8. The van der Waals surface area contributed by atoms with E-state index in [1.54, 1.807) is 24.4 Å². The molecule has 1 aliphatic carbocycles. The van der Waals surface area contributed by atoms with E-state index in [2.05, 4.69) is 19.8 Å². The summed E-state index contributed by atoms with van der Waals surface area (Å²) in [6.07, 6.45) is 8.64. The Morgan fingerprint density at radius 1 is 0.850 bits per heavy atom. The molecule has 6 aliphatic rings. The summed E-state index contributed by atoms with van der Waals surface area (Å²) < 4.78 is 21.9. The molecule has 1 atom stereocenters. The van der Waals surface area contributed by atoms with E-state index in [1.165, 1.54) is 17.2 Å². The van der Waals surface area contributed by atoms with E-state index in [0.717, 1.165) is 68.6 Å². The highest BCUT2D eigenvalue weighted by Gasteiger charge is 2.51. The minimum absolute atomic E-state index is 0.000994. The van der Waals surface area contributed by atoms with Gasteiger partial charge < -0.3 is 20.3 Å². The van der Waals surface area contributed by atoms with Crippen LogP contribution < -0.4 is 20.3 Å². The molecule has 5 amide bonds. The lowest BCUT2D eigenvalue weighted by molar-refractivity contribution is -0.155. The molecule has 4 saturated heterocycles. The monoisotopic (exact) mass is 837 g/mol. The number of hydrogen-bond donors (Lipinski definition) is 1. The Bertz CT molecular complexity index is 2290. The standard InChI is InChI=1S/C43H45ClFN9O6/c44-32-17-29(4-1-25(32)20-46)60-28-5-2-27(3-6-28)53-38(55)8-7-35(42(53)59)54-40(57)30-18-33(45)36(19-31(30)41(54)58)50-15-11-43(12-16-50)23-52(24-43)26-9-13-51(14-10-26)37-22-48-34(21-49-37)39(47)56/h1,4,17-19,21-22,26-28,35H,2-3,5-16,23-24H2,(H2,47,56). The largest absolute Gasteiger partial charge is 0.490 e. The number of likely N-dealkylation sites (tertiary alicyclic amines) is 2. The SMILES string of the molecule is N#Cc1ccc(OC2CCC(N3C(=O)CCC(N4C(=O)c5cc(F)c(N6CCC7(CC6)CN(C6CCN(c8cnc(C(N)=O)cn8)CC6)C7)cc5C4=O)C3=O)CC2)cc1Cl. The Labute approximate surface area is 351 Å². The van der Waals surface area contributed by atoms with Gasteiger partial charge in [0.2, 0.25) is 5.91 Å². The lowest BCUT2D eigenvalue weighted by atomic mass is 9.70. The maximum Gasteiger partial charge on any atom is 0.268 e. The number of hydrogen-bond acceptors (Lipinski definition) is 12. The Morgan fingerprint density at radius 2 is 1.55 bits per heavy atom. The number of piperidine rings is 3. The van der Waals surface area contributed by atoms with Crippen molar-refractivity contribution in [1.29, 1.82) is 5.26 Å². The van der Waals surface area contributed by atoms with Crippen LogP contribution in [0.25, 0.3) is 0 Å². The van der Waals surface area contributed by atoms with E-state index in [9.17, 15) is 24.0 Å². The van der Waals surface area contributed by atoms with Crippen molar-refractivity contribution in [2.45, 2.75) is 88.4 Å². The topological polar surface area (TPSA) is 186 Å². The number of amides is 5. The van der Waals surface area contributed by atoms with E-state index in [-0.39, 0.29) is 52.8 Å². The van der Waals surface area contributed by atoms with Crippen LogP contribution in [0.1, 0.15) is 101 Å². The van der Waals surface area contributed by atoms with Crippen molar-refractivity contribution < 1.29 is 33.1 Å². The molecule has 3 aromatic rings. The van der Waals surface area contributed by atoms with Crippen molar-refractivity contribution >= 4 is 52.6 Å². The summed E-state index contributed by atoms with van der Waals surface area (Å²) >= 11 is 6.17. The number of anilines is 2. The molecule has 2 aromatic carbocycles. The number of rotatable bonds is 8. The zero-order chi connectivity index (χ0) is 41.9. The van der Waals surface area contributed by atoms with Crippen LogP contribution in [0.15, 0.2) is 42.7 Å². The fourth-order valence-corrected chi connectivity index (χ4v) is 10.4. The second-order valence-electron chi connectivity index (χ2n) is 17.0. The molecule has 312 valence electrons. The molecule has 60 heavy (non-hydrogen) atoms. The molecule has 5 aliphatic heterocycles. The number of fused-ring (bicyclic) bond motifs is 1. The summed E-state index contributed by atoms with van der Waals surface area (Å²) in [6, 6.07) is 8.37. The molecule has 1 aromatic heterocycles. The molecule has 6 heterocycles. The highest BCUT2D eigenvalue weighted by atomic mass is 35.5. The number of carbonyl (C=O) groups excluding carboxylic acids is 5. The third-order valence-electron chi connectivity index (χ3n) is 13.5. The normalized spacial score (nSPS) is 24.7. The van der Waals surface area contributed by atoms with Gasteiger partial charge in [0.25, 0.3) is 23.6 Å². The van der Waals surface area contributed by atoms with E-state index in [0.29, 0.717) is 61.2 Å². The van der Waals surface area contributed by atoms with Gasteiger partial charge in [-0.2, -0.15) is 5.26 Å². The van der Waals surface area contributed by atoms with Gasteiger partial charge in [0, 0.05) is 63.8 Å². The third kappa shape index (κ3) is 7.21. The van der Waals surface area contributed by atoms with Gasteiger partial charge in [0.05, 0.1) is 45.9 Å². The average molecular weight is 838 g/mol. The van der Waals surface area contributed by atoms with Crippen LogP contribution in [0, 0.1) is 22.6 Å². The minimum atomic E-state index is -1.16. The van der Waals surface area contributed by atoms with Gasteiger partial charge in [0.15, 0.2) is 0 Å². The molecule has 0 bridgehead atoms. The quantitative estimate of drug-likeness (QED) is 0.318. The van der Waals surface area contributed by atoms with Crippen molar-refractivity contribution in [3.05, 3.63) is 75.9 Å². The molecule has 5 fully saturated rings. The lowest BCUT2D eigenvalue weighted by Crippen LogP contribution is -2.64. The van der Waals surface area contributed by atoms with Crippen LogP contribution in [0.5, 0.6) is 5.75 Å². The minimum Gasteiger partial charge on any atom is -0.490 e. The van der Waals surface area contributed by atoms with Crippen molar-refractivity contribution in [3.63, 3.8) is 0 Å². The zero-order valence-electron chi connectivity index (χ0n) is 33.0. The highest BCUT2D eigenvalue weighted by Crippen LogP contribution is 2.45. The number of aromatic nitrogens is 2. The summed E-state index contributed by atoms with van der Waals surface area (Å²) in [5.41, 5.74) is 6.22. The van der Waals surface area contributed by atoms with Crippen LogP contribution in [0.3, 0.4) is 0 Å². The van der Waals surface area contributed by atoms with Crippen LogP contribution >= 0.6 is 11.6 Å². The Morgan fingerprint density at radius 3 is 2.18 bits per heavy atom. The third-order valence-corrected chi connectivity index (χ3v) is 13.8. The van der Waals surface area contributed by atoms with Gasteiger partial charge in [-0.1, -0.05) is 11.6 Å². The molecule has 9 rings (SSSR count). The maximum atomic E-state index is 15.8. The predicted octanol–water partition coefficient (Wildman–Crippen LogP) is 4.31. The van der Waals surface area contributed by atoms with Gasteiger partial charge in [-0.25, -0.2) is 14.4 Å². The smallest absolute Gasteiger partial charge is 0.268 e. The van der Waals surface area contributed by atoms with Crippen molar-refractivity contribution in [2.75, 3.05) is 49.1 Å². The number of primary amides is 1. The average Bonchev–Trinajstić information content (AvgIpc) is 3.47. The lowest BCUT2D eigenvalue weighted by Gasteiger charge is -2.57. The Hall–Kier alpha value is -5.66. The number of benzene rings is 2. The summed E-state index contributed by atoms with van der Waals surface area (Å²) in [5.74, 6) is -2.22. The van der Waals surface area contributed by atoms with E-state index in [4.69, 9.17) is 27.3 Å². The molecule has 1 spiro atoms. The second-order valence-corrected chi connectivity index (χ2v) is 17.4. The molecule has 2 N–H and O–H groups in total. The number of nitrogens with two attached hydrogens (primary N) is 1. The molecule has 1 saturated carbocycles. The number of halogens is 2. The van der Waals surface area contributed by atoms with Crippen molar-refractivity contribution in [2.24, 2.45) is 11.1 Å². The van der Waals surface area contributed by atoms with E-state index >= 15 is 4.39 Å². The number of carbonyl (C=O) groups is 5. The highest BCUT2D eigenvalue weighted by molar-refractivity contribution is 6.31. The summed E-state index contributed by atoms with van der Waals surface area (Å²) in [6.45, 7) is 4.85. The molecule has 15 nitrogen and oxygen atoms in total. The number of nitrogens with zero attached hydrogens (tertiary/aromatic N) is 8. The van der Waals surface area contributed by atoms with Crippen molar-refractivity contribution in [3.8, 4) is 11.8 Å². The van der Waals surface area contributed by atoms with Crippen molar-refractivity contribution in [1.82, 2.24) is 24.7 Å². The van der Waals surface area contributed by atoms with Gasteiger partial charge >= 0.3 is 0 Å². The Kier molecular flexibility index (Phi) is 10.4. The fraction of sp³-hybridized carbons (Fsp3) is 0.488. The molecular weight excluding hydrogens is 793 g/mol. The van der Waals surface area contributed by atoms with Gasteiger partial charge in [0.1, 0.15) is 35.2 Å². The Balaban J connectivity index is 0.788. The summed E-state index contributed by atoms with van der Waals surface area (Å²) in [7, 11) is 0. The van der Waals surface area contributed by atoms with E-state index in [1.807, 2.05) is 11.0 Å². The molecule has 17 heteroatoms. The van der Waals surface area contributed by atoms with Crippen LogP contribution in [-0.4, -0.2) is 118 Å². The summed E-state index contributed by atoms with van der Waals surface area (Å²) in [5, 5.41) is 9.45. The fourth-order valence-electron chi connectivity index (χ4n) is 10.2. The predicted molar refractivity (Wildman–Crippen MR) is 216 cm³/mol. The second kappa shape index (κ2) is 15.7. The molecular formula is C43H45ClFN9O6. The molecule has 1 unspecified atom stereocenters. The number of imide groups is 2. The van der Waals surface area contributed by atoms with Gasteiger partial charge in [-0.05, 0) is 87.5 Å². The van der Waals surface area contributed by atoms with Gasteiger partial charge in [-0.15, -0.1) is 0 Å².